The van der Waals surface area contributed by atoms with Gasteiger partial charge in [0.25, 0.3) is 0 Å². The molecule has 0 spiro atoms. The van der Waals surface area contributed by atoms with Gasteiger partial charge in [0.05, 0.1) is 17.5 Å². The van der Waals surface area contributed by atoms with Crippen LogP contribution in [0.25, 0.3) is 0 Å². The van der Waals surface area contributed by atoms with E-state index in [1.54, 1.807) is 6.33 Å². The second-order valence-electron chi connectivity index (χ2n) is 7.27. The molecule has 1 fully saturated rings. The number of ether oxygens (including phenoxy) is 1. The normalized spacial score (nSPS) is 21.1. The largest absolute Gasteiger partial charge is 0.491 e. The second-order valence-corrected chi connectivity index (χ2v) is 7.27. The Kier molecular flexibility index (Phi) is 6.23. The molecule has 0 bridgehead atoms. The summed E-state index contributed by atoms with van der Waals surface area (Å²) in [7, 11) is 0. The first kappa shape index (κ1) is 19.5. The first-order valence-electron chi connectivity index (χ1n) is 9.70. The third-order valence-corrected chi connectivity index (χ3v) is 4.98. The van der Waals surface area contributed by atoms with E-state index in [9.17, 15) is 0 Å². The van der Waals surface area contributed by atoms with Gasteiger partial charge in [-0.3, -0.25) is 5.41 Å². The van der Waals surface area contributed by atoms with Crippen LogP contribution >= 0.6 is 0 Å². The molecule has 3 rings (SSSR count). The van der Waals surface area contributed by atoms with Gasteiger partial charge in [0.1, 0.15) is 17.9 Å². The van der Waals surface area contributed by atoms with E-state index in [2.05, 4.69) is 26.7 Å². The van der Waals surface area contributed by atoms with Crippen molar-refractivity contribution in [3.8, 4) is 0 Å². The van der Waals surface area contributed by atoms with Crippen molar-refractivity contribution in [2.24, 2.45) is 5.73 Å². The zero-order valence-corrected chi connectivity index (χ0v) is 16.5. The number of nitrogens with two attached hydrogens (primary N) is 1. The van der Waals surface area contributed by atoms with Crippen LogP contribution in [0.2, 0.25) is 0 Å². The predicted octanol–water partition coefficient (Wildman–Crippen LogP) is 1.95. The maximum atomic E-state index is 8.65. The minimum atomic E-state index is -0.219. The fourth-order valence-corrected chi connectivity index (χ4v) is 3.40. The summed E-state index contributed by atoms with van der Waals surface area (Å²) in [5.74, 6) is 1.65. The van der Waals surface area contributed by atoms with E-state index < -0.39 is 0 Å². The van der Waals surface area contributed by atoms with Gasteiger partial charge < -0.3 is 20.3 Å². The van der Waals surface area contributed by atoms with Crippen molar-refractivity contribution in [2.75, 3.05) is 37.6 Å². The van der Waals surface area contributed by atoms with Gasteiger partial charge in [-0.05, 0) is 44.5 Å². The lowest BCUT2D eigenvalue weighted by Crippen LogP contribution is -2.46. The van der Waals surface area contributed by atoms with E-state index >= 15 is 0 Å². The molecule has 2 aliphatic rings. The summed E-state index contributed by atoms with van der Waals surface area (Å²) in [5, 5.41) is 8.65. The Morgan fingerprint density at radius 3 is 2.70 bits per heavy atom. The molecule has 1 unspecified atom stereocenters. The first-order valence-corrected chi connectivity index (χ1v) is 9.70. The molecular weight excluding hydrogens is 340 g/mol. The topological polar surface area (TPSA) is 91.4 Å². The molecule has 7 nitrogen and oxygen atoms in total. The third-order valence-electron chi connectivity index (χ3n) is 4.98. The summed E-state index contributed by atoms with van der Waals surface area (Å²) in [6, 6.07) is 1.68. The lowest BCUT2D eigenvalue weighted by Gasteiger charge is -2.34. The number of hydrogen-bond donors (Lipinski definition) is 2. The number of nitrogens with one attached hydrogen (secondary N) is 1. The Balaban J connectivity index is 1.77. The lowest BCUT2D eigenvalue weighted by molar-refractivity contribution is 0.155. The molecule has 1 aromatic rings. The Morgan fingerprint density at radius 2 is 2.04 bits per heavy atom. The Morgan fingerprint density at radius 1 is 1.30 bits per heavy atom. The standard InChI is InChI=1S/C20H30N6O/c1-4-25-7-9-26(10-8-25)19-12-18(23-13-24-19)20(22)16-11-15(27-14(2)3)5-6-17(16)21/h5,11-14,17,22H,4,6-10,21H2,1-3H3. The van der Waals surface area contributed by atoms with Crippen LogP contribution in [0.15, 0.2) is 35.9 Å². The van der Waals surface area contributed by atoms with Crippen molar-refractivity contribution < 1.29 is 4.74 Å². The van der Waals surface area contributed by atoms with Gasteiger partial charge in [-0.2, -0.15) is 0 Å². The van der Waals surface area contributed by atoms with E-state index in [-0.39, 0.29) is 12.1 Å². The summed E-state index contributed by atoms with van der Waals surface area (Å²) in [6.45, 7) is 11.2. The molecule has 0 aromatic carbocycles. The first-order chi connectivity index (χ1) is 13.0. The third kappa shape index (κ3) is 4.73. The highest BCUT2D eigenvalue weighted by molar-refractivity contribution is 6.10. The van der Waals surface area contributed by atoms with E-state index in [1.807, 2.05) is 32.1 Å². The summed E-state index contributed by atoms with van der Waals surface area (Å²) < 4.78 is 5.78. The number of likely N-dealkylation sites (N-methyl/N-ethyl adjacent to an activating group) is 1. The minimum absolute atomic E-state index is 0.0877. The van der Waals surface area contributed by atoms with Crippen LogP contribution in [-0.4, -0.2) is 65.4 Å². The number of hydrogen-bond acceptors (Lipinski definition) is 7. The quantitative estimate of drug-likeness (QED) is 0.744. The summed E-state index contributed by atoms with van der Waals surface area (Å²) in [6.07, 6.45) is 6.15. The highest BCUT2D eigenvalue weighted by Gasteiger charge is 2.23. The number of aromatic nitrogens is 2. The Bertz CT molecular complexity index is 734. The molecule has 1 saturated heterocycles. The van der Waals surface area contributed by atoms with Crippen LogP contribution in [0.5, 0.6) is 0 Å². The lowest BCUT2D eigenvalue weighted by atomic mass is 9.93. The monoisotopic (exact) mass is 370 g/mol. The average molecular weight is 371 g/mol. The van der Waals surface area contributed by atoms with E-state index in [1.165, 1.54) is 0 Å². The molecule has 0 saturated carbocycles. The van der Waals surface area contributed by atoms with Gasteiger partial charge in [0.2, 0.25) is 0 Å². The van der Waals surface area contributed by atoms with Crippen molar-refractivity contribution >= 4 is 11.5 Å². The smallest absolute Gasteiger partial charge is 0.132 e. The van der Waals surface area contributed by atoms with Gasteiger partial charge in [0, 0.05) is 38.3 Å². The van der Waals surface area contributed by atoms with Crippen molar-refractivity contribution in [3.63, 3.8) is 0 Å². The fraction of sp³-hybridized carbons (Fsp3) is 0.550. The Labute approximate surface area is 161 Å². The van der Waals surface area contributed by atoms with Gasteiger partial charge in [-0.15, -0.1) is 0 Å². The molecule has 1 aromatic heterocycles. The molecule has 0 amide bonds. The SMILES string of the molecule is CCN1CCN(c2cc(C(=N)C3=CC(OC(C)C)=CCC3N)ncn2)CC1. The summed E-state index contributed by atoms with van der Waals surface area (Å²) in [4.78, 5) is 13.4. The molecule has 1 atom stereocenters. The Hall–Kier alpha value is -2.25. The van der Waals surface area contributed by atoms with E-state index in [0.29, 0.717) is 17.8 Å². The van der Waals surface area contributed by atoms with Gasteiger partial charge in [-0.25, -0.2) is 9.97 Å². The molecule has 2 heterocycles. The zero-order chi connectivity index (χ0) is 19.4. The number of piperazine rings is 1. The average Bonchev–Trinajstić information content (AvgIpc) is 2.68. The van der Waals surface area contributed by atoms with Crippen molar-refractivity contribution in [3.05, 3.63) is 41.6 Å². The van der Waals surface area contributed by atoms with Crippen LogP contribution in [0, 0.1) is 5.41 Å². The van der Waals surface area contributed by atoms with Gasteiger partial charge >= 0.3 is 0 Å². The van der Waals surface area contributed by atoms with Crippen LogP contribution in [0.3, 0.4) is 0 Å². The van der Waals surface area contributed by atoms with Crippen LogP contribution in [0.1, 0.15) is 32.9 Å². The maximum Gasteiger partial charge on any atom is 0.132 e. The van der Waals surface area contributed by atoms with Crippen LogP contribution in [-0.2, 0) is 4.74 Å². The van der Waals surface area contributed by atoms with Crippen molar-refractivity contribution in [1.29, 1.82) is 5.41 Å². The summed E-state index contributed by atoms with van der Waals surface area (Å²) in [5.41, 5.74) is 7.96. The highest BCUT2D eigenvalue weighted by Crippen LogP contribution is 2.23. The van der Waals surface area contributed by atoms with E-state index in [4.69, 9.17) is 15.9 Å². The number of rotatable bonds is 6. The molecular formula is C20H30N6O. The number of anilines is 1. The molecule has 1 aliphatic heterocycles. The second kappa shape index (κ2) is 8.63. The number of nitrogens with zero attached hydrogens (tertiary/aromatic N) is 4. The zero-order valence-electron chi connectivity index (χ0n) is 16.5. The predicted molar refractivity (Wildman–Crippen MR) is 108 cm³/mol. The minimum Gasteiger partial charge on any atom is -0.491 e. The molecule has 0 radical (unpaired) electrons. The van der Waals surface area contributed by atoms with Crippen LogP contribution in [0.4, 0.5) is 5.82 Å². The maximum absolute atomic E-state index is 8.65. The van der Waals surface area contributed by atoms with Crippen molar-refractivity contribution in [1.82, 2.24) is 14.9 Å². The van der Waals surface area contributed by atoms with Gasteiger partial charge in [0.15, 0.2) is 0 Å². The highest BCUT2D eigenvalue weighted by atomic mass is 16.5. The molecule has 146 valence electrons. The fourth-order valence-electron chi connectivity index (χ4n) is 3.40. The molecule has 3 N–H and O–H groups in total. The molecule has 27 heavy (non-hydrogen) atoms. The van der Waals surface area contributed by atoms with Gasteiger partial charge in [-0.1, -0.05) is 6.92 Å². The summed E-state index contributed by atoms with van der Waals surface area (Å²) >= 11 is 0. The van der Waals surface area contributed by atoms with E-state index in [0.717, 1.165) is 49.9 Å². The number of allylic oxidation sites excluding steroid dienone is 1. The van der Waals surface area contributed by atoms with Crippen molar-refractivity contribution in [2.45, 2.75) is 39.3 Å². The molecule has 1 aliphatic carbocycles. The van der Waals surface area contributed by atoms with Crippen LogP contribution < -0.4 is 10.6 Å². The molecule has 7 heteroatoms.